The van der Waals surface area contributed by atoms with Gasteiger partial charge in [0.05, 0.1) is 13.0 Å². The zero-order valence-electron chi connectivity index (χ0n) is 15.5. The molecule has 1 aromatic rings. The number of fused-ring (bicyclic) bond motifs is 1. The van der Waals surface area contributed by atoms with Gasteiger partial charge < -0.3 is 20.3 Å². The Balaban J connectivity index is 1.45. The first-order valence-electron chi connectivity index (χ1n) is 9.28. The van der Waals surface area contributed by atoms with Crippen molar-refractivity contribution < 1.29 is 14.3 Å². The molecule has 3 rings (SSSR count). The van der Waals surface area contributed by atoms with Crippen LogP contribution in [0.3, 0.4) is 0 Å². The molecule has 0 spiro atoms. The molecule has 142 valence electrons. The Morgan fingerprint density at radius 1 is 1.19 bits per heavy atom. The van der Waals surface area contributed by atoms with Crippen LogP contribution in [0.15, 0.2) is 24.3 Å². The van der Waals surface area contributed by atoms with Crippen LogP contribution in [0.2, 0.25) is 0 Å². The molecule has 2 N–H and O–H groups in total. The minimum Gasteiger partial charge on any atom is -0.466 e. The fourth-order valence-corrected chi connectivity index (χ4v) is 3.74. The molecule has 2 aliphatic heterocycles. The van der Waals surface area contributed by atoms with Crippen molar-refractivity contribution in [2.24, 2.45) is 0 Å². The van der Waals surface area contributed by atoms with Crippen molar-refractivity contribution >= 4 is 17.7 Å². The lowest BCUT2D eigenvalue weighted by molar-refractivity contribution is -0.142. The molecule has 2 atom stereocenters. The standard InChI is InChI=1S/C19H28N4O3/c1-3-26-18(24)10-14-4-6-15(7-5-14)20-19(25)21-16-11-17-13-22(2)8-9-23(17)12-16/h4-7,16-17H,3,8-13H2,1-2H3,(H2,20,21,25)/t16-,17-/m0/s1. The Hall–Kier alpha value is -2.12. The maximum Gasteiger partial charge on any atom is 0.319 e. The second-order valence-electron chi connectivity index (χ2n) is 7.12. The second kappa shape index (κ2) is 8.51. The van der Waals surface area contributed by atoms with E-state index in [0.29, 0.717) is 18.3 Å². The molecular weight excluding hydrogens is 332 g/mol. The molecule has 7 heteroatoms. The van der Waals surface area contributed by atoms with E-state index in [1.165, 1.54) is 0 Å². The van der Waals surface area contributed by atoms with Crippen molar-refractivity contribution in [1.82, 2.24) is 15.1 Å². The van der Waals surface area contributed by atoms with E-state index in [9.17, 15) is 9.59 Å². The Labute approximate surface area is 154 Å². The number of likely N-dealkylation sites (N-methyl/N-ethyl adjacent to an activating group) is 1. The van der Waals surface area contributed by atoms with E-state index in [1.54, 1.807) is 19.1 Å². The van der Waals surface area contributed by atoms with Crippen LogP contribution in [0.4, 0.5) is 10.5 Å². The Morgan fingerprint density at radius 3 is 2.69 bits per heavy atom. The first-order valence-corrected chi connectivity index (χ1v) is 9.28. The molecule has 26 heavy (non-hydrogen) atoms. The summed E-state index contributed by atoms with van der Waals surface area (Å²) in [4.78, 5) is 28.6. The summed E-state index contributed by atoms with van der Waals surface area (Å²) in [6.07, 6.45) is 1.24. The number of hydrogen-bond donors (Lipinski definition) is 2. The number of amides is 2. The van der Waals surface area contributed by atoms with Crippen LogP contribution in [0.25, 0.3) is 0 Å². The van der Waals surface area contributed by atoms with Crippen LogP contribution in [-0.2, 0) is 16.0 Å². The number of rotatable bonds is 5. The Morgan fingerprint density at radius 2 is 1.96 bits per heavy atom. The molecule has 2 fully saturated rings. The molecule has 2 aliphatic rings. The van der Waals surface area contributed by atoms with Crippen LogP contribution in [-0.4, -0.2) is 73.7 Å². The third-order valence-electron chi connectivity index (χ3n) is 5.02. The lowest BCUT2D eigenvalue weighted by atomic mass is 10.1. The highest BCUT2D eigenvalue weighted by Crippen LogP contribution is 2.21. The number of urea groups is 1. The predicted octanol–water partition coefficient (Wildman–Crippen LogP) is 1.30. The van der Waals surface area contributed by atoms with E-state index in [-0.39, 0.29) is 24.5 Å². The smallest absolute Gasteiger partial charge is 0.319 e. The van der Waals surface area contributed by atoms with Gasteiger partial charge in [0.15, 0.2) is 0 Å². The van der Waals surface area contributed by atoms with Gasteiger partial charge in [-0.2, -0.15) is 0 Å². The molecule has 7 nitrogen and oxygen atoms in total. The summed E-state index contributed by atoms with van der Waals surface area (Å²) >= 11 is 0. The van der Waals surface area contributed by atoms with Crippen LogP contribution in [0, 0.1) is 0 Å². The summed E-state index contributed by atoms with van der Waals surface area (Å²) in [6.45, 7) is 6.33. The zero-order chi connectivity index (χ0) is 18.5. The van der Waals surface area contributed by atoms with Crippen molar-refractivity contribution in [3.63, 3.8) is 0 Å². The number of nitrogens with one attached hydrogen (secondary N) is 2. The Kier molecular flexibility index (Phi) is 6.11. The average molecular weight is 360 g/mol. The topological polar surface area (TPSA) is 73.9 Å². The van der Waals surface area contributed by atoms with Gasteiger partial charge in [-0.3, -0.25) is 9.69 Å². The number of benzene rings is 1. The van der Waals surface area contributed by atoms with Gasteiger partial charge in [-0.1, -0.05) is 12.1 Å². The van der Waals surface area contributed by atoms with E-state index in [2.05, 4.69) is 27.5 Å². The molecular formula is C19H28N4O3. The summed E-state index contributed by atoms with van der Waals surface area (Å²) in [5.74, 6) is -0.241. The molecule has 2 heterocycles. The molecule has 0 aromatic heterocycles. The van der Waals surface area contributed by atoms with Gasteiger partial charge >= 0.3 is 12.0 Å². The third-order valence-corrected chi connectivity index (χ3v) is 5.02. The van der Waals surface area contributed by atoms with Gasteiger partial charge in [-0.05, 0) is 38.1 Å². The third kappa shape index (κ3) is 4.95. The highest BCUT2D eigenvalue weighted by atomic mass is 16.5. The largest absolute Gasteiger partial charge is 0.466 e. The number of anilines is 1. The van der Waals surface area contributed by atoms with Crippen LogP contribution < -0.4 is 10.6 Å². The molecule has 0 saturated carbocycles. The van der Waals surface area contributed by atoms with Crippen LogP contribution in [0.1, 0.15) is 18.9 Å². The van der Waals surface area contributed by atoms with Crippen molar-refractivity contribution in [1.29, 1.82) is 0 Å². The van der Waals surface area contributed by atoms with Gasteiger partial charge in [-0.15, -0.1) is 0 Å². The van der Waals surface area contributed by atoms with Gasteiger partial charge in [0.25, 0.3) is 0 Å². The molecule has 0 radical (unpaired) electrons. The van der Waals surface area contributed by atoms with E-state index in [4.69, 9.17) is 4.74 Å². The fourth-order valence-electron chi connectivity index (χ4n) is 3.74. The van der Waals surface area contributed by atoms with E-state index in [1.807, 2.05) is 12.1 Å². The van der Waals surface area contributed by atoms with Gasteiger partial charge in [0.1, 0.15) is 0 Å². The number of carbonyl (C=O) groups is 2. The quantitative estimate of drug-likeness (QED) is 0.775. The summed E-state index contributed by atoms with van der Waals surface area (Å²) in [5.41, 5.74) is 1.58. The molecule has 1 aromatic carbocycles. The predicted molar refractivity (Wildman–Crippen MR) is 100 cm³/mol. The highest BCUT2D eigenvalue weighted by molar-refractivity contribution is 5.89. The minimum atomic E-state index is -0.241. The lowest BCUT2D eigenvalue weighted by Gasteiger charge is -2.34. The van der Waals surface area contributed by atoms with E-state index < -0.39 is 0 Å². The second-order valence-corrected chi connectivity index (χ2v) is 7.12. The maximum atomic E-state index is 12.3. The van der Waals surface area contributed by atoms with Crippen molar-refractivity contribution in [3.05, 3.63) is 29.8 Å². The summed E-state index contributed by atoms with van der Waals surface area (Å²) in [7, 11) is 2.15. The number of esters is 1. The molecule has 2 amide bonds. The highest BCUT2D eigenvalue weighted by Gasteiger charge is 2.35. The van der Waals surface area contributed by atoms with Crippen molar-refractivity contribution in [2.75, 3.05) is 45.2 Å². The van der Waals surface area contributed by atoms with E-state index in [0.717, 1.165) is 38.2 Å². The van der Waals surface area contributed by atoms with E-state index >= 15 is 0 Å². The first kappa shape index (κ1) is 18.7. The van der Waals surface area contributed by atoms with Crippen molar-refractivity contribution in [3.8, 4) is 0 Å². The molecule has 2 saturated heterocycles. The van der Waals surface area contributed by atoms with Crippen LogP contribution in [0.5, 0.6) is 0 Å². The summed E-state index contributed by atoms with van der Waals surface area (Å²) < 4.78 is 4.94. The van der Waals surface area contributed by atoms with Gasteiger partial charge in [-0.25, -0.2) is 4.79 Å². The fraction of sp³-hybridized carbons (Fsp3) is 0.579. The van der Waals surface area contributed by atoms with Crippen molar-refractivity contribution in [2.45, 2.75) is 31.8 Å². The minimum absolute atomic E-state index is 0.179. The molecule has 0 unspecified atom stereocenters. The van der Waals surface area contributed by atoms with Gasteiger partial charge in [0, 0.05) is 44.0 Å². The maximum absolute atomic E-state index is 12.3. The summed E-state index contributed by atoms with van der Waals surface area (Å²) in [5, 5.41) is 5.95. The number of hydrogen-bond acceptors (Lipinski definition) is 5. The monoisotopic (exact) mass is 360 g/mol. The zero-order valence-corrected chi connectivity index (χ0v) is 15.5. The number of carbonyl (C=O) groups excluding carboxylic acids is 2. The molecule has 0 aliphatic carbocycles. The SMILES string of the molecule is CCOC(=O)Cc1ccc(NC(=O)N[C@H]2C[C@H]3CN(C)CCN3C2)cc1. The normalized spacial score (nSPS) is 23.3. The lowest BCUT2D eigenvalue weighted by Crippen LogP contribution is -2.48. The number of ether oxygens (including phenoxy) is 1. The number of nitrogens with zero attached hydrogens (tertiary/aromatic N) is 2. The Bertz CT molecular complexity index is 634. The van der Waals surface area contributed by atoms with Crippen LogP contribution >= 0.6 is 0 Å². The van der Waals surface area contributed by atoms with Gasteiger partial charge in [0.2, 0.25) is 0 Å². The average Bonchev–Trinajstić information content (AvgIpc) is 2.98. The molecule has 0 bridgehead atoms. The number of piperazine rings is 1. The summed E-state index contributed by atoms with van der Waals surface area (Å²) in [6, 6.07) is 7.83. The first-order chi connectivity index (χ1) is 12.5.